The summed E-state index contributed by atoms with van der Waals surface area (Å²) in [7, 11) is -1.35. The molecule has 0 heterocycles. The van der Waals surface area contributed by atoms with Gasteiger partial charge in [-0.3, -0.25) is 0 Å². The molecule has 4 heteroatoms. The van der Waals surface area contributed by atoms with Gasteiger partial charge in [0.2, 0.25) is 0 Å². The summed E-state index contributed by atoms with van der Waals surface area (Å²) in [6.45, 7) is 0. The Bertz CT molecular complexity index is 597. The maximum atomic E-state index is 11.7. The van der Waals surface area contributed by atoms with Gasteiger partial charge in [0.15, 0.2) is 0 Å². The molecule has 0 atom stereocenters. The molecule has 0 aliphatic carbocycles. The molecule has 4 aromatic rings. The van der Waals surface area contributed by atoms with Gasteiger partial charge in [0.1, 0.15) is 0 Å². The molecular weight excluding hydrogens is 399 g/mol. The van der Waals surface area contributed by atoms with Gasteiger partial charge in [0.25, 0.3) is 7.80 Å². The van der Waals surface area contributed by atoms with E-state index in [-0.39, 0.29) is 34.1 Å². The summed E-state index contributed by atoms with van der Waals surface area (Å²) in [5.74, 6) is 0. The van der Waals surface area contributed by atoms with Crippen LogP contribution in [0.4, 0.5) is 0 Å². The average Bonchev–Trinajstić information content (AvgIpc) is 3.42. The Morgan fingerprint density at radius 1 is 0.542 bits per heavy atom. The van der Waals surface area contributed by atoms with Crippen LogP contribution < -0.4 is 10.6 Å². The molecule has 0 bridgehead atoms. The Morgan fingerprint density at radius 3 is 1.04 bits per heavy atom. The molecule has 0 unspecified atom stereocenters. The van der Waals surface area contributed by atoms with Crippen molar-refractivity contribution in [3.8, 4) is 0 Å². The van der Waals surface area contributed by atoms with Gasteiger partial charge in [-0.1, -0.05) is 4.57 Å². The molecular formula is C20H18Fe2OP+. The molecule has 0 saturated heterocycles. The van der Waals surface area contributed by atoms with E-state index >= 15 is 0 Å². The average molecular weight is 417 g/mol. The summed E-state index contributed by atoms with van der Waals surface area (Å²) in [6, 6.07) is 35.2. The summed E-state index contributed by atoms with van der Waals surface area (Å²) in [4.78, 5) is 0. The van der Waals surface area contributed by atoms with Gasteiger partial charge < -0.3 is 0 Å². The second-order valence-electron chi connectivity index (χ2n) is 4.51. The zero-order chi connectivity index (χ0) is 15.5. The van der Waals surface area contributed by atoms with Crippen molar-refractivity contribution in [3.05, 3.63) is 109 Å². The molecule has 124 valence electrons. The molecule has 0 aliphatic heterocycles. The van der Waals surface area contributed by atoms with Crippen LogP contribution >= 0.6 is 7.80 Å². The fraction of sp³-hybridized carbons (Fsp3) is 0. The first-order valence-corrected chi connectivity index (χ1v) is 8.38. The van der Waals surface area contributed by atoms with E-state index in [1.165, 1.54) is 0 Å². The Labute approximate surface area is 165 Å². The molecule has 0 aliphatic rings. The molecule has 0 amide bonds. The fourth-order valence-electron chi connectivity index (χ4n) is 1.79. The van der Waals surface area contributed by atoms with Crippen LogP contribution in [0, 0.1) is 0 Å². The van der Waals surface area contributed by atoms with Crippen LogP contribution in [0.25, 0.3) is 0 Å². The minimum Gasteiger partial charge on any atom is -0.214 e. The largest absolute Gasteiger partial charge is 2.00 e. The van der Waals surface area contributed by atoms with Gasteiger partial charge >= 0.3 is 34.1 Å². The minimum absolute atomic E-state index is 0. The third kappa shape index (κ3) is 8.41. The second kappa shape index (κ2) is 13.9. The van der Waals surface area contributed by atoms with Crippen molar-refractivity contribution in [2.45, 2.75) is 0 Å². The Kier molecular flexibility index (Phi) is 13.1. The zero-order valence-electron chi connectivity index (χ0n) is 13.0. The maximum absolute atomic E-state index is 11.7. The monoisotopic (exact) mass is 417 g/mol. The van der Waals surface area contributed by atoms with Crippen molar-refractivity contribution in [1.82, 2.24) is 0 Å². The van der Waals surface area contributed by atoms with Crippen LogP contribution in [0.1, 0.15) is 0 Å². The zero-order valence-corrected chi connectivity index (χ0v) is 16.1. The number of hydrogen-bond acceptors (Lipinski definition) is 1. The molecule has 0 N–H and O–H groups in total. The van der Waals surface area contributed by atoms with Crippen molar-refractivity contribution < 1.29 is 38.7 Å². The van der Waals surface area contributed by atoms with Crippen LogP contribution in [-0.2, 0) is 38.7 Å². The van der Waals surface area contributed by atoms with Crippen molar-refractivity contribution in [2.75, 3.05) is 0 Å². The predicted octanol–water partition coefficient (Wildman–Crippen LogP) is 4.71. The molecule has 24 heavy (non-hydrogen) atoms. The van der Waals surface area contributed by atoms with Crippen LogP contribution in [0.5, 0.6) is 0 Å². The van der Waals surface area contributed by atoms with Crippen LogP contribution in [0.3, 0.4) is 0 Å². The van der Waals surface area contributed by atoms with Gasteiger partial charge in [-0.25, -0.2) is 48.5 Å². The van der Waals surface area contributed by atoms with Gasteiger partial charge in [-0.15, -0.1) is 24.3 Å². The van der Waals surface area contributed by atoms with Crippen molar-refractivity contribution in [3.63, 3.8) is 0 Å². The van der Waals surface area contributed by atoms with Gasteiger partial charge in [0, 0.05) is 0 Å². The standard InChI is InChI=1S/C10H8OP.2C5H5.2Fe/c11-12(9-5-1-2-6-9)10-7-3-4-8-10;2*1-2-4-5-3-1;;/h1-8H;2*1-5H;;/q3*-1;2*+2. The molecule has 4 rings (SSSR count). The molecule has 0 saturated carbocycles. The van der Waals surface area contributed by atoms with E-state index < -0.39 is 7.80 Å². The third-order valence-corrected chi connectivity index (χ3v) is 4.40. The Morgan fingerprint density at radius 2 is 0.833 bits per heavy atom. The van der Waals surface area contributed by atoms with Crippen LogP contribution in [0.15, 0.2) is 109 Å². The molecule has 0 aromatic heterocycles. The van der Waals surface area contributed by atoms with Gasteiger partial charge in [0.05, 0.1) is 10.6 Å². The summed E-state index contributed by atoms with van der Waals surface area (Å²) in [5, 5.41) is 1.83. The summed E-state index contributed by atoms with van der Waals surface area (Å²) in [5.41, 5.74) is 0. The van der Waals surface area contributed by atoms with Crippen LogP contribution in [0.2, 0.25) is 0 Å². The van der Waals surface area contributed by atoms with E-state index in [1.807, 2.05) is 109 Å². The molecule has 4 aromatic carbocycles. The first-order valence-electron chi connectivity index (χ1n) is 7.12. The molecule has 1 nitrogen and oxygen atoms in total. The topological polar surface area (TPSA) is 17.1 Å². The molecule has 0 spiro atoms. The maximum Gasteiger partial charge on any atom is 2.00 e. The number of rotatable bonds is 2. The van der Waals surface area contributed by atoms with E-state index in [0.29, 0.717) is 0 Å². The van der Waals surface area contributed by atoms with Gasteiger partial charge in [-0.05, 0) is 0 Å². The van der Waals surface area contributed by atoms with E-state index in [1.54, 1.807) is 0 Å². The van der Waals surface area contributed by atoms with E-state index in [0.717, 1.165) is 10.6 Å². The smallest absolute Gasteiger partial charge is 0.214 e. The van der Waals surface area contributed by atoms with E-state index in [9.17, 15) is 4.57 Å². The fourth-order valence-corrected chi connectivity index (χ4v) is 2.97. The number of hydrogen-bond donors (Lipinski definition) is 0. The SMILES string of the molecule is O=[P+]([c-]1cccc1)[c-]1cccc1.[Fe+2].[Fe+2].c1cc[cH-]c1.c1cc[cH-]c1. The Balaban J connectivity index is 0.000000370. The minimum atomic E-state index is -1.35. The second-order valence-corrected chi connectivity index (χ2v) is 6.13. The van der Waals surface area contributed by atoms with E-state index in [2.05, 4.69) is 0 Å². The molecule has 0 radical (unpaired) electrons. The van der Waals surface area contributed by atoms with E-state index in [4.69, 9.17) is 0 Å². The third-order valence-electron chi connectivity index (χ3n) is 2.87. The van der Waals surface area contributed by atoms with Crippen molar-refractivity contribution in [2.24, 2.45) is 0 Å². The quantitative estimate of drug-likeness (QED) is 0.263. The summed E-state index contributed by atoms with van der Waals surface area (Å²) < 4.78 is 11.7. The normalized spacial score (nSPS) is 8.33. The molecule has 0 fully saturated rings. The van der Waals surface area contributed by atoms with Crippen molar-refractivity contribution in [1.29, 1.82) is 0 Å². The Hall–Kier alpha value is -1.46. The first kappa shape index (κ1) is 22.5. The predicted molar refractivity (Wildman–Crippen MR) is 95.0 cm³/mol. The van der Waals surface area contributed by atoms with Crippen molar-refractivity contribution >= 4 is 18.4 Å². The first-order chi connectivity index (χ1) is 10.9. The summed E-state index contributed by atoms with van der Waals surface area (Å²) in [6.07, 6.45) is 0. The van der Waals surface area contributed by atoms with Gasteiger partial charge in [-0.2, -0.15) is 36.4 Å². The summed E-state index contributed by atoms with van der Waals surface area (Å²) >= 11 is 0. The van der Waals surface area contributed by atoms with Crippen LogP contribution in [-0.4, -0.2) is 0 Å².